The summed E-state index contributed by atoms with van der Waals surface area (Å²) < 4.78 is 16.9. The van der Waals surface area contributed by atoms with Crippen molar-refractivity contribution < 1.29 is 19.0 Å². The highest BCUT2D eigenvalue weighted by atomic mass is 79.9. The second-order valence-electron chi connectivity index (χ2n) is 3.93. The Kier molecular flexibility index (Phi) is 4.60. The summed E-state index contributed by atoms with van der Waals surface area (Å²) in [6.45, 7) is 2.90. The zero-order chi connectivity index (χ0) is 13.0. The van der Waals surface area contributed by atoms with Crippen molar-refractivity contribution in [1.82, 2.24) is 0 Å². The van der Waals surface area contributed by atoms with E-state index < -0.39 is 0 Å². The molecule has 1 heterocycles. The smallest absolute Gasteiger partial charge is 0.332 e. The van der Waals surface area contributed by atoms with Crippen LogP contribution in [-0.4, -0.2) is 25.8 Å². The van der Waals surface area contributed by atoms with Crippen LogP contribution in [0.15, 0.2) is 22.7 Å². The number of fused-ring (bicyclic) bond motifs is 1. The second-order valence-corrected chi connectivity index (χ2v) is 4.85. The largest absolute Gasteiger partial charge is 0.493 e. The molecule has 0 bridgehead atoms. The summed E-state index contributed by atoms with van der Waals surface area (Å²) in [5, 5.41) is 0. The number of halogens is 1. The molecular formula is C13H15BrO4. The molecule has 0 saturated heterocycles. The molecule has 2 rings (SSSR count). The standard InChI is InChI=1S/C13H15BrO4/c1-2-16-8-13(15)18-12-5-6-17-11-4-3-9(14)7-10(11)12/h3-4,7,12H,2,5-6,8H2,1H3/t12-/m0/s1. The zero-order valence-corrected chi connectivity index (χ0v) is 11.7. The Labute approximate surface area is 114 Å². The molecule has 1 aliphatic rings. The summed E-state index contributed by atoms with van der Waals surface area (Å²) in [5.41, 5.74) is 0.903. The van der Waals surface area contributed by atoms with E-state index in [0.717, 1.165) is 15.8 Å². The van der Waals surface area contributed by atoms with Crippen molar-refractivity contribution >= 4 is 21.9 Å². The van der Waals surface area contributed by atoms with Gasteiger partial charge in [-0.2, -0.15) is 0 Å². The Hall–Kier alpha value is -1.07. The van der Waals surface area contributed by atoms with Crippen molar-refractivity contribution in [1.29, 1.82) is 0 Å². The van der Waals surface area contributed by atoms with E-state index in [1.54, 1.807) is 0 Å². The van der Waals surface area contributed by atoms with Crippen LogP contribution in [0.3, 0.4) is 0 Å². The van der Waals surface area contributed by atoms with Gasteiger partial charge in [-0.15, -0.1) is 0 Å². The number of rotatable bonds is 4. The summed E-state index contributed by atoms with van der Waals surface area (Å²) in [6.07, 6.45) is 0.417. The Bertz CT molecular complexity index is 433. The fourth-order valence-electron chi connectivity index (χ4n) is 1.83. The van der Waals surface area contributed by atoms with Crippen molar-refractivity contribution in [3.05, 3.63) is 28.2 Å². The molecule has 1 aromatic rings. The highest BCUT2D eigenvalue weighted by molar-refractivity contribution is 9.10. The monoisotopic (exact) mass is 314 g/mol. The molecule has 5 heteroatoms. The van der Waals surface area contributed by atoms with Gasteiger partial charge in [-0.3, -0.25) is 0 Å². The van der Waals surface area contributed by atoms with E-state index in [9.17, 15) is 4.79 Å². The van der Waals surface area contributed by atoms with Crippen molar-refractivity contribution in [2.24, 2.45) is 0 Å². The third kappa shape index (κ3) is 3.23. The van der Waals surface area contributed by atoms with Gasteiger partial charge in [0.05, 0.1) is 6.61 Å². The van der Waals surface area contributed by atoms with Crippen molar-refractivity contribution in [3.63, 3.8) is 0 Å². The van der Waals surface area contributed by atoms with Crippen LogP contribution in [0.2, 0.25) is 0 Å². The van der Waals surface area contributed by atoms with Crippen LogP contribution < -0.4 is 4.74 Å². The molecule has 0 amide bonds. The normalized spacial score (nSPS) is 17.8. The topological polar surface area (TPSA) is 44.8 Å². The van der Waals surface area contributed by atoms with E-state index in [-0.39, 0.29) is 18.7 Å². The van der Waals surface area contributed by atoms with Crippen molar-refractivity contribution in [3.8, 4) is 5.75 Å². The van der Waals surface area contributed by atoms with Crippen LogP contribution in [0, 0.1) is 0 Å². The molecule has 1 aromatic carbocycles. The first-order valence-corrected chi connectivity index (χ1v) is 6.69. The number of carbonyl (C=O) groups excluding carboxylic acids is 1. The minimum Gasteiger partial charge on any atom is -0.493 e. The molecule has 0 N–H and O–H groups in total. The van der Waals surface area contributed by atoms with Crippen LogP contribution in [0.5, 0.6) is 5.75 Å². The molecule has 0 radical (unpaired) electrons. The molecule has 4 nitrogen and oxygen atoms in total. The molecule has 1 atom stereocenters. The van der Waals surface area contributed by atoms with Crippen LogP contribution in [0.25, 0.3) is 0 Å². The van der Waals surface area contributed by atoms with Crippen LogP contribution >= 0.6 is 15.9 Å². The molecule has 0 unspecified atom stereocenters. The number of benzene rings is 1. The predicted octanol–water partition coefficient (Wildman–Crippen LogP) is 2.85. The predicted molar refractivity (Wildman–Crippen MR) is 69.6 cm³/mol. The second kappa shape index (κ2) is 6.20. The molecule has 98 valence electrons. The van der Waals surface area contributed by atoms with E-state index in [1.807, 2.05) is 25.1 Å². The Balaban J connectivity index is 2.07. The van der Waals surface area contributed by atoms with Gasteiger partial charge in [-0.1, -0.05) is 15.9 Å². The lowest BCUT2D eigenvalue weighted by Gasteiger charge is -2.26. The van der Waals surface area contributed by atoms with E-state index in [1.165, 1.54) is 0 Å². The number of hydrogen-bond donors (Lipinski definition) is 0. The summed E-state index contributed by atoms with van der Waals surface area (Å²) in [4.78, 5) is 11.6. The van der Waals surface area contributed by atoms with Gasteiger partial charge in [0, 0.05) is 23.1 Å². The number of esters is 1. The molecule has 0 saturated carbocycles. The maximum absolute atomic E-state index is 11.6. The molecule has 0 aliphatic carbocycles. The fourth-order valence-corrected chi connectivity index (χ4v) is 2.21. The summed E-state index contributed by atoms with van der Waals surface area (Å²) >= 11 is 3.41. The molecule has 0 spiro atoms. The maximum Gasteiger partial charge on any atom is 0.332 e. The highest BCUT2D eigenvalue weighted by Crippen LogP contribution is 2.36. The van der Waals surface area contributed by atoms with Gasteiger partial charge in [0.15, 0.2) is 0 Å². The first kappa shape index (κ1) is 13.4. The number of ether oxygens (including phenoxy) is 3. The number of carbonyl (C=O) groups is 1. The average molecular weight is 315 g/mol. The maximum atomic E-state index is 11.6. The minimum atomic E-state index is -0.338. The van der Waals surface area contributed by atoms with E-state index >= 15 is 0 Å². The lowest BCUT2D eigenvalue weighted by molar-refractivity contribution is -0.156. The van der Waals surface area contributed by atoms with Crippen LogP contribution in [-0.2, 0) is 14.3 Å². The van der Waals surface area contributed by atoms with E-state index in [2.05, 4.69) is 15.9 Å². The summed E-state index contributed by atoms with van der Waals surface area (Å²) in [6, 6.07) is 5.71. The average Bonchev–Trinajstić information content (AvgIpc) is 2.37. The lowest BCUT2D eigenvalue weighted by Crippen LogP contribution is -2.21. The zero-order valence-electron chi connectivity index (χ0n) is 10.1. The Morgan fingerprint density at radius 2 is 2.39 bits per heavy atom. The highest BCUT2D eigenvalue weighted by Gasteiger charge is 2.25. The quantitative estimate of drug-likeness (QED) is 0.802. The molecule has 1 aliphatic heterocycles. The first-order valence-electron chi connectivity index (χ1n) is 5.90. The summed E-state index contributed by atoms with van der Waals surface area (Å²) in [7, 11) is 0. The third-order valence-electron chi connectivity index (χ3n) is 2.65. The van der Waals surface area contributed by atoms with Gasteiger partial charge < -0.3 is 14.2 Å². The fraction of sp³-hybridized carbons (Fsp3) is 0.462. The summed E-state index contributed by atoms with van der Waals surface area (Å²) in [5.74, 6) is 0.438. The molecule has 0 fully saturated rings. The molecule has 0 aromatic heterocycles. The van der Waals surface area contributed by atoms with Gasteiger partial charge in [0.2, 0.25) is 0 Å². The van der Waals surface area contributed by atoms with Crippen molar-refractivity contribution in [2.45, 2.75) is 19.4 Å². The van der Waals surface area contributed by atoms with Gasteiger partial charge >= 0.3 is 5.97 Å². The lowest BCUT2D eigenvalue weighted by atomic mass is 10.0. The van der Waals surface area contributed by atoms with Gasteiger partial charge in [0.1, 0.15) is 18.5 Å². The SMILES string of the molecule is CCOCC(=O)O[C@H]1CCOc2ccc(Br)cc21. The van der Waals surface area contributed by atoms with Gasteiger partial charge in [-0.05, 0) is 25.1 Å². The molecule has 18 heavy (non-hydrogen) atoms. The van der Waals surface area contributed by atoms with Crippen LogP contribution in [0.1, 0.15) is 25.0 Å². The van der Waals surface area contributed by atoms with Gasteiger partial charge in [0.25, 0.3) is 0 Å². The first-order chi connectivity index (χ1) is 8.70. The van der Waals surface area contributed by atoms with Crippen LogP contribution in [0.4, 0.5) is 0 Å². The Morgan fingerprint density at radius 3 is 3.17 bits per heavy atom. The van der Waals surface area contributed by atoms with E-state index in [0.29, 0.717) is 19.6 Å². The van der Waals surface area contributed by atoms with E-state index in [4.69, 9.17) is 14.2 Å². The number of hydrogen-bond acceptors (Lipinski definition) is 4. The Morgan fingerprint density at radius 1 is 1.56 bits per heavy atom. The third-order valence-corrected chi connectivity index (χ3v) is 3.15. The molecular weight excluding hydrogens is 300 g/mol. The minimum absolute atomic E-state index is 0.00278. The van der Waals surface area contributed by atoms with Gasteiger partial charge in [-0.25, -0.2) is 4.79 Å². The van der Waals surface area contributed by atoms with Crippen molar-refractivity contribution in [2.75, 3.05) is 19.8 Å².